The second-order valence-electron chi connectivity index (χ2n) is 7.16. The number of hydrogen-bond donors (Lipinski definition) is 2. The highest BCUT2D eigenvalue weighted by Crippen LogP contribution is 2.30. The van der Waals surface area contributed by atoms with E-state index in [1.807, 2.05) is 18.2 Å². The predicted molar refractivity (Wildman–Crippen MR) is 109 cm³/mol. The van der Waals surface area contributed by atoms with Crippen molar-refractivity contribution in [2.24, 2.45) is 0 Å². The van der Waals surface area contributed by atoms with Crippen LogP contribution in [-0.4, -0.2) is 54.0 Å². The number of hydrogen-bond acceptors (Lipinski definition) is 6. The maximum absolute atomic E-state index is 12.8. The minimum atomic E-state index is -3.78. The third-order valence-corrected chi connectivity index (χ3v) is 6.64. The summed E-state index contributed by atoms with van der Waals surface area (Å²) in [4.78, 5) is 18.7. The third kappa shape index (κ3) is 4.14. The number of pyridine rings is 1. The van der Waals surface area contributed by atoms with Crippen LogP contribution in [-0.2, 0) is 16.4 Å². The largest absolute Gasteiger partial charge is 0.458 e. The van der Waals surface area contributed by atoms with E-state index in [2.05, 4.69) is 19.9 Å². The lowest BCUT2D eigenvalue weighted by atomic mass is 10.2. The van der Waals surface area contributed by atoms with E-state index in [4.69, 9.17) is 4.42 Å². The maximum atomic E-state index is 12.8. The summed E-state index contributed by atoms with van der Waals surface area (Å²) in [6.45, 7) is 3.21. The van der Waals surface area contributed by atoms with Gasteiger partial charge in [-0.25, -0.2) is 13.1 Å². The Labute approximate surface area is 174 Å². The topological polar surface area (TPSA) is 121 Å². The summed E-state index contributed by atoms with van der Waals surface area (Å²) in [5.41, 5.74) is 1.55. The van der Waals surface area contributed by atoms with Crippen LogP contribution in [0.2, 0.25) is 0 Å². The van der Waals surface area contributed by atoms with Crippen molar-refractivity contribution in [3.63, 3.8) is 0 Å². The monoisotopic (exact) mass is 429 g/mol. The van der Waals surface area contributed by atoms with Crippen LogP contribution in [0.3, 0.4) is 0 Å². The molecule has 3 aromatic heterocycles. The lowest BCUT2D eigenvalue weighted by Crippen LogP contribution is -2.27. The fourth-order valence-corrected chi connectivity index (χ4v) is 4.73. The Morgan fingerprint density at radius 3 is 2.83 bits per heavy atom. The molecule has 0 aromatic carbocycles. The van der Waals surface area contributed by atoms with Crippen molar-refractivity contribution >= 4 is 15.9 Å². The molecular formula is C20H23N5O4S. The number of amides is 1. The molecule has 158 valence electrons. The Morgan fingerprint density at radius 2 is 2.10 bits per heavy atom. The normalized spacial score (nSPS) is 14.4. The first-order valence-corrected chi connectivity index (χ1v) is 11.3. The Kier molecular flexibility index (Phi) is 5.69. The van der Waals surface area contributed by atoms with Crippen molar-refractivity contribution in [3.8, 4) is 11.5 Å². The lowest BCUT2D eigenvalue weighted by Gasteiger charge is -2.14. The minimum Gasteiger partial charge on any atom is -0.458 e. The second-order valence-corrected chi connectivity index (χ2v) is 8.89. The van der Waals surface area contributed by atoms with Gasteiger partial charge in [-0.1, -0.05) is 6.07 Å². The van der Waals surface area contributed by atoms with Crippen LogP contribution in [0.5, 0.6) is 0 Å². The molecule has 9 nitrogen and oxygen atoms in total. The average Bonchev–Trinajstić information content (AvgIpc) is 3.48. The SMILES string of the molecule is Cc1oc(-c2[nH]ncc2C(=O)N2CCCC2)cc1S(=O)(=O)NCCc1ccccn1. The number of likely N-dealkylation sites (tertiary alicyclic amines) is 1. The van der Waals surface area contributed by atoms with Gasteiger partial charge in [0, 0.05) is 44.0 Å². The zero-order chi connectivity index (χ0) is 21.1. The van der Waals surface area contributed by atoms with Crippen molar-refractivity contribution in [3.05, 3.63) is 53.7 Å². The van der Waals surface area contributed by atoms with Crippen LogP contribution in [0, 0.1) is 6.92 Å². The molecule has 4 rings (SSSR count). The van der Waals surface area contributed by atoms with E-state index in [1.165, 1.54) is 12.3 Å². The molecule has 1 fully saturated rings. The van der Waals surface area contributed by atoms with Crippen LogP contribution >= 0.6 is 0 Å². The first kappa shape index (κ1) is 20.3. The zero-order valence-corrected chi connectivity index (χ0v) is 17.4. The minimum absolute atomic E-state index is 0.0349. The van der Waals surface area contributed by atoms with Crippen LogP contribution in [0.25, 0.3) is 11.5 Å². The number of furan rings is 1. The van der Waals surface area contributed by atoms with Gasteiger partial charge in [0.25, 0.3) is 5.91 Å². The molecule has 2 N–H and O–H groups in total. The third-order valence-electron chi connectivity index (χ3n) is 5.07. The summed E-state index contributed by atoms with van der Waals surface area (Å²) < 4.78 is 33.8. The molecule has 30 heavy (non-hydrogen) atoms. The quantitative estimate of drug-likeness (QED) is 0.593. The number of H-pyrrole nitrogens is 1. The van der Waals surface area contributed by atoms with E-state index >= 15 is 0 Å². The van der Waals surface area contributed by atoms with Crippen LogP contribution < -0.4 is 4.72 Å². The molecule has 0 radical (unpaired) electrons. The Morgan fingerprint density at radius 1 is 1.30 bits per heavy atom. The number of sulfonamides is 1. The molecule has 1 aliphatic heterocycles. The number of aromatic nitrogens is 3. The second kappa shape index (κ2) is 8.41. The Bertz CT molecular complexity index is 1130. The molecule has 10 heteroatoms. The molecule has 4 heterocycles. The smallest absolute Gasteiger partial charge is 0.257 e. The predicted octanol–water partition coefficient (Wildman–Crippen LogP) is 2.13. The standard InChI is InChI=1S/C20H23N5O4S/c1-14-18(30(27,28)23-9-7-15-6-2-3-8-21-15)12-17(29-14)19-16(13-22-24-19)20(26)25-10-4-5-11-25/h2-3,6,8,12-13,23H,4-5,7,9-11H2,1H3,(H,22,24). The number of carbonyl (C=O) groups is 1. The first-order chi connectivity index (χ1) is 14.5. The van der Waals surface area contributed by atoms with Gasteiger partial charge in [0.2, 0.25) is 10.0 Å². The van der Waals surface area contributed by atoms with Gasteiger partial charge in [-0.15, -0.1) is 0 Å². The van der Waals surface area contributed by atoms with Gasteiger partial charge in [-0.05, 0) is 31.9 Å². The van der Waals surface area contributed by atoms with E-state index in [0.29, 0.717) is 30.8 Å². The van der Waals surface area contributed by atoms with Gasteiger partial charge in [-0.2, -0.15) is 5.10 Å². The highest BCUT2D eigenvalue weighted by atomic mass is 32.2. The number of rotatable bonds is 7. The van der Waals surface area contributed by atoms with Gasteiger partial charge in [0.15, 0.2) is 5.76 Å². The van der Waals surface area contributed by atoms with Gasteiger partial charge in [0.05, 0.1) is 11.8 Å². The maximum Gasteiger partial charge on any atom is 0.257 e. The number of aryl methyl sites for hydroxylation is 1. The van der Waals surface area contributed by atoms with Crippen molar-refractivity contribution in [1.82, 2.24) is 24.8 Å². The molecule has 0 bridgehead atoms. The van der Waals surface area contributed by atoms with E-state index in [9.17, 15) is 13.2 Å². The van der Waals surface area contributed by atoms with Gasteiger partial charge < -0.3 is 9.32 Å². The molecule has 0 saturated carbocycles. The summed E-state index contributed by atoms with van der Waals surface area (Å²) in [7, 11) is -3.78. The molecule has 3 aromatic rings. The highest BCUT2D eigenvalue weighted by Gasteiger charge is 2.27. The molecule has 1 aliphatic rings. The number of carbonyl (C=O) groups excluding carboxylic acids is 1. The summed E-state index contributed by atoms with van der Waals surface area (Å²) in [6, 6.07) is 6.93. The molecule has 0 aliphatic carbocycles. The van der Waals surface area contributed by atoms with E-state index in [1.54, 1.807) is 18.0 Å². The van der Waals surface area contributed by atoms with Gasteiger partial charge >= 0.3 is 0 Å². The van der Waals surface area contributed by atoms with E-state index in [-0.39, 0.29) is 28.9 Å². The average molecular weight is 430 g/mol. The van der Waals surface area contributed by atoms with Crippen LogP contribution in [0.4, 0.5) is 0 Å². The zero-order valence-electron chi connectivity index (χ0n) is 16.6. The molecule has 0 unspecified atom stereocenters. The van der Waals surface area contributed by atoms with Crippen LogP contribution in [0.1, 0.15) is 34.7 Å². The van der Waals surface area contributed by atoms with Crippen molar-refractivity contribution < 1.29 is 17.6 Å². The highest BCUT2D eigenvalue weighted by molar-refractivity contribution is 7.89. The summed E-state index contributed by atoms with van der Waals surface area (Å²) in [5, 5.41) is 6.74. The van der Waals surface area contributed by atoms with E-state index < -0.39 is 10.0 Å². The number of nitrogens with one attached hydrogen (secondary N) is 2. The summed E-state index contributed by atoms with van der Waals surface area (Å²) in [5.74, 6) is 0.366. The van der Waals surface area contributed by atoms with Crippen molar-refractivity contribution in [2.45, 2.75) is 31.1 Å². The summed E-state index contributed by atoms with van der Waals surface area (Å²) in [6.07, 6.45) is 5.55. The molecule has 0 spiro atoms. The first-order valence-electron chi connectivity index (χ1n) is 9.79. The van der Waals surface area contributed by atoms with Crippen molar-refractivity contribution in [2.75, 3.05) is 19.6 Å². The van der Waals surface area contributed by atoms with E-state index in [0.717, 1.165) is 18.5 Å². The lowest BCUT2D eigenvalue weighted by molar-refractivity contribution is 0.0793. The van der Waals surface area contributed by atoms with Gasteiger partial charge in [-0.3, -0.25) is 14.9 Å². The number of aromatic amines is 1. The molecule has 1 saturated heterocycles. The Balaban J connectivity index is 1.52. The van der Waals surface area contributed by atoms with Gasteiger partial charge in [0.1, 0.15) is 16.3 Å². The molecule has 1 amide bonds. The Hall–Kier alpha value is -2.98. The van der Waals surface area contributed by atoms with Crippen molar-refractivity contribution in [1.29, 1.82) is 0 Å². The fourth-order valence-electron chi connectivity index (χ4n) is 3.52. The molecule has 0 atom stereocenters. The summed E-state index contributed by atoms with van der Waals surface area (Å²) >= 11 is 0. The fraction of sp³-hybridized carbons (Fsp3) is 0.350. The molecular weight excluding hydrogens is 406 g/mol. The number of nitrogens with zero attached hydrogens (tertiary/aromatic N) is 3. The van der Waals surface area contributed by atoms with Crippen LogP contribution in [0.15, 0.2) is 46.0 Å².